The maximum Gasteiger partial charge on any atom is 0.263 e. The minimum atomic E-state index is -0.453. The molecule has 0 aliphatic heterocycles. The van der Waals surface area contributed by atoms with E-state index in [0.29, 0.717) is 19.5 Å². The van der Waals surface area contributed by atoms with E-state index in [9.17, 15) is 4.79 Å². The number of ether oxygens (including phenoxy) is 1. The first-order valence-corrected chi connectivity index (χ1v) is 7.47. The third-order valence-electron chi connectivity index (χ3n) is 3.51. The van der Waals surface area contributed by atoms with Gasteiger partial charge >= 0.3 is 0 Å². The highest BCUT2D eigenvalue weighted by Crippen LogP contribution is 2.18. The molecule has 1 unspecified atom stereocenters. The Hall–Kier alpha value is -1.55. The first-order chi connectivity index (χ1) is 9.79. The Morgan fingerprint density at radius 1 is 1.43 bits per heavy atom. The van der Waals surface area contributed by atoms with Crippen LogP contribution in [0, 0.1) is 12.3 Å². The van der Waals surface area contributed by atoms with Crippen molar-refractivity contribution in [2.24, 2.45) is 11.1 Å². The zero-order valence-corrected chi connectivity index (χ0v) is 13.8. The summed E-state index contributed by atoms with van der Waals surface area (Å²) in [5, 5.41) is 0. The van der Waals surface area contributed by atoms with Crippen LogP contribution in [0.3, 0.4) is 0 Å². The summed E-state index contributed by atoms with van der Waals surface area (Å²) in [5.74, 6) is 0.738. The number of hydrogen-bond donors (Lipinski definition) is 1. The normalized spacial score (nSPS) is 12.9. The largest absolute Gasteiger partial charge is 0.481 e. The molecule has 0 saturated carbocycles. The number of carbonyl (C=O) groups is 1. The van der Waals surface area contributed by atoms with Crippen molar-refractivity contribution >= 4 is 5.91 Å². The molecule has 1 amide bonds. The van der Waals surface area contributed by atoms with Gasteiger partial charge in [-0.1, -0.05) is 32.9 Å². The molecular formula is C17H28N2O2. The zero-order chi connectivity index (χ0) is 16.0. The fraction of sp³-hybridized carbons (Fsp3) is 0.588. The molecule has 21 heavy (non-hydrogen) atoms. The van der Waals surface area contributed by atoms with Gasteiger partial charge in [-0.05, 0) is 43.0 Å². The number of hydrogen-bond acceptors (Lipinski definition) is 3. The second-order valence-corrected chi connectivity index (χ2v) is 6.39. The summed E-state index contributed by atoms with van der Waals surface area (Å²) in [4.78, 5) is 14.2. The van der Waals surface area contributed by atoms with Gasteiger partial charge in [0.1, 0.15) is 5.75 Å². The summed E-state index contributed by atoms with van der Waals surface area (Å²) in [6.07, 6.45) is 0.186. The monoisotopic (exact) mass is 292 g/mol. The molecule has 4 nitrogen and oxygen atoms in total. The average Bonchev–Trinajstić information content (AvgIpc) is 2.43. The highest BCUT2D eigenvalue weighted by atomic mass is 16.5. The molecule has 0 aliphatic carbocycles. The standard InChI is InChI=1S/C17H28N2O2/c1-6-15(21-14-9-7-8-13(2)10-14)16(20)19(5)12-17(3,4)11-18/h7-10,15H,6,11-12,18H2,1-5H3. The third kappa shape index (κ3) is 5.38. The van der Waals surface area contributed by atoms with Crippen LogP contribution < -0.4 is 10.5 Å². The number of rotatable bonds is 7. The SMILES string of the molecule is CCC(Oc1cccc(C)c1)C(=O)N(C)CC(C)(C)CN. The van der Waals surface area contributed by atoms with Crippen molar-refractivity contribution in [3.8, 4) is 5.75 Å². The van der Waals surface area contributed by atoms with Gasteiger partial charge in [-0.25, -0.2) is 0 Å². The quantitative estimate of drug-likeness (QED) is 0.840. The smallest absolute Gasteiger partial charge is 0.263 e. The molecular weight excluding hydrogens is 264 g/mol. The molecule has 4 heteroatoms. The fourth-order valence-corrected chi connectivity index (χ4v) is 2.19. The molecule has 0 saturated heterocycles. The minimum Gasteiger partial charge on any atom is -0.481 e. The van der Waals surface area contributed by atoms with E-state index in [1.807, 2.05) is 45.2 Å². The number of carbonyl (C=O) groups excluding carboxylic acids is 1. The lowest BCUT2D eigenvalue weighted by Crippen LogP contribution is -2.45. The van der Waals surface area contributed by atoms with Crippen molar-refractivity contribution in [3.63, 3.8) is 0 Å². The average molecular weight is 292 g/mol. The molecule has 0 bridgehead atoms. The fourth-order valence-electron chi connectivity index (χ4n) is 2.19. The van der Waals surface area contributed by atoms with Crippen molar-refractivity contribution in [1.82, 2.24) is 4.90 Å². The van der Waals surface area contributed by atoms with Gasteiger partial charge in [0.05, 0.1) is 0 Å². The van der Waals surface area contributed by atoms with Gasteiger partial charge in [-0.2, -0.15) is 0 Å². The summed E-state index contributed by atoms with van der Waals surface area (Å²) in [5.41, 5.74) is 6.76. The van der Waals surface area contributed by atoms with Crippen molar-refractivity contribution in [2.75, 3.05) is 20.1 Å². The van der Waals surface area contributed by atoms with Gasteiger partial charge in [-0.15, -0.1) is 0 Å². The summed E-state index contributed by atoms with van der Waals surface area (Å²) in [6.45, 7) is 9.24. The first kappa shape index (κ1) is 17.5. The van der Waals surface area contributed by atoms with Crippen LogP contribution >= 0.6 is 0 Å². The van der Waals surface area contributed by atoms with Gasteiger partial charge in [0, 0.05) is 13.6 Å². The number of amides is 1. The highest BCUT2D eigenvalue weighted by Gasteiger charge is 2.26. The number of nitrogens with zero attached hydrogens (tertiary/aromatic N) is 1. The van der Waals surface area contributed by atoms with Crippen LogP contribution in [-0.2, 0) is 4.79 Å². The maximum atomic E-state index is 12.5. The van der Waals surface area contributed by atoms with Crippen molar-refractivity contribution in [3.05, 3.63) is 29.8 Å². The lowest BCUT2D eigenvalue weighted by atomic mass is 9.93. The molecule has 2 N–H and O–H groups in total. The predicted molar refractivity (Wildman–Crippen MR) is 86.4 cm³/mol. The lowest BCUT2D eigenvalue weighted by molar-refractivity contribution is -0.138. The number of nitrogens with two attached hydrogens (primary N) is 1. The Morgan fingerprint density at radius 3 is 2.62 bits per heavy atom. The Bertz CT molecular complexity index is 472. The van der Waals surface area contributed by atoms with Crippen LogP contribution in [0.25, 0.3) is 0 Å². The molecule has 1 aromatic carbocycles. The van der Waals surface area contributed by atoms with Gasteiger partial charge in [0.2, 0.25) is 0 Å². The molecule has 0 heterocycles. The van der Waals surface area contributed by atoms with E-state index in [4.69, 9.17) is 10.5 Å². The van der Waals surface area contributed by atoms with Gasteiger partial charge in [0.25, 0.3) is 5.91 Å². The van der Waals surface area contributed by atoms with Crippen LogP contribution in [0.4, 0.5) is 0 Å². The second kappa shape index (κ2) is 7.46. The van der Waals surface area contributed by atoms with E-state index in [1.54, 1.807) is 4.90 Å². The molecule has 1 aromatic rings. The summed E-state index contributed by atoms with van der Waals surface area (Å²) in [6, 6.07) is 7.77. The van der Waals surface area contributed by atoms with E-state index in [0.717, 1.165) is 11.3 Å². The van der Waals surface area contributed by atoms with Crippen LogP contribution in [0.15, 0.2) is 24.3 Å². The van der Waals surface area contributed by atoms with E-state index in [-0.39, 0.29) is 11.3 Å². The van der Waals surface area contributed by atoms with Gasteiger partial charge in [0.15, 0.2) is 6.10 Å². The third-order valence-corrected chi connectivity index (χ3v) is 3.51. The Balaban J connectivity index is 2.73. The Morgan fingerprint density at radius 2 is 2.10 bits per heavy atom. The lowest BCUT2D eigenvalue weighted by Gasteiger charge is -2.31. The number of likely N-dealkylation sites (N-methyl/N-ethyl adjacent to an activating group) is 1. The number of aryl methyl sites for hydroxylation is 1. The van der Waals surface area contributed by atoms with Crippen molar-refractivity contribution in [2.45, 2.75) is 40.2 Å². The summed E-state index contributed by atoms with van der Waals surface area (Å²) < 4.78 is 5.85. The molecule has 118 valence electrons. The van der Waals surface area contributed by atoms with Crippen molar-refractivity contribution < 1.29 is 9.53 Å². The topological polar surface area (TPSA) is 55.6 Å². The van der Waals surface area contributed by atoms with E-state index in [1.165, 1.54) is 0 Å². The van der Waals surface area contributed by atoms with Gasteiger partial charge < -0.3 is 15.4 Å². The summed E-state index contributed by atoms with van der Waals surface area (Å²) in [7, 11) is 1.81. The summed E-state index contributed by atoms with van der Waals surface area (Å²) >= 11 is 0. The van der Waals surface area contributed by atoms with Crippen LogP contribution in [-0.4, -0.2) is 37.0 Å². The molecule has 1 rings (SSSR count). The second-order valence-electron chi connectivity index (χ2n) is 6.39. The molecule has 1 atom stereocenters. The highest BCUT2D eigenvalue weighted by molar-refractivity contribution is 5.81. The molecule has 0 aromatic heterocycles. The first-order valence-electron chi connectivity index (χ1n) is 7.47. The van der Waals surface area contributed by atoms with Crippen LogP contribution in [0.1, 0.15) is 32.8 Å². The van der Waals surface area contributed by atoms with E-state index in [2.05, 4.69) is 13.8 Å². The van der Waals surface area contributed by atoms with Gasteiger partial charge in [-0.3, -0.25) is 4.79 Å². The minimum absolute atomic E-state index is 0.000492. The van der Waals surface area contributed by atoms with Crippen LogP contribution in [0.5, 0.6) is 5.75 Å². The zero-order valence-electron chi connectivity index (χ0n) is 13.8. The molecule has 0 radical (unpaired) electrons. The molecule has 0 fully saturated rings. The Labute approximate surface area is 128 Å². The van der Waals surface area contributed by atoms with Crippen LogP contribution in [0.2, 0.25) is 0 Å². The predicted octanol–water partition coefficient (Wildman–Crippen LogP) is 2.60. The molecule has 0 aliphatic rings. The molecule has 0 spiro atoms. The Kier molecular flexibility index (Phi) is 6.21. The maximum absolute atomic E-state index is 12.5. The van der Waals surface area contributed by atoms with E-state index >= 15 is 0 Å². The van der Waals surface area contributed by atoms with E-state index < -0.39 is 6.10 Å². The number of benzene rings is 1. The van der Waals surface area contributed by atoms with Crippen molar-refractivity contribution in [1.29, 1.82) is 0 Å².